The van der Waals surface area contributed by atoms with Gasteiger partial charge >= 0.3 is 0 Å². The summed E-state index contributed by atoms with van der Waals surface area (Å²) in [6.07, 6.45) is 2.21. The highest BCUT2D eigenvalue weighted by molar-refractivity contribution is 9.10. The van der Waals surface area contributed by atoms with Crippen molar-refractivity contribution >= 4 is 22.0 Å². The molecule has 0 aliphatic rings. The molecule has 0 spiro atoms. The lowest BCUT2D eigenvalue weighted by molar-refractivity contribution is -0.400. The second-order valence-electron chi connectivity index (χ2n) is 4.55. The highest BCUT2D eigenvalue weighted by Gasteiger charge is 2.11. The van der Waals surface area contributed by atoms with Crippen LogP contribution >= 0.6 is 15.9 Å². The molecule has 0 atom stereocenters. The van der Waals surface area contributed by atoms with Gasteiger partial charge in [0, 0.05) is 6.08 Å². The van der Waals surface area contributed by atoms with Crippen molar-refractivity contribution < 1.29 is 18.8 Å². The normalized spacial score (nSPS) is 10.7. The molecule has 0 saturated heterocycles. The van der Waals surface area contributed by atoms with E-state index in [9.17, 15) is 14.5 Å². The third kappa shape index (κ3) is 4.79. The van der Waals surface area contributed by atoms with E-state index in [4.69, 9.17) is 9.47 Å². The maximum absolute atomic E-state index is 12.9. The summed E-state index contributed by atoms with van der Waals surface area (Å²) in [6.45, 7) is 0.235. The van der Waals surface area contributed by atoms with Gasteiger partial charge in [-0.25, -0.2) is 4.39 Å². The summed E-state index contributed by atoms with van der Waals surface area (Å²) in [5.74, 6) is 0.592. The first kappa shape index (κ1) is 17.0. The Kier molecular flexibility index (Phi) is 5.70. The monoisotopic (exact) mass is 381 g/mol. The molecule has 5 nitrogen and oxygen atoms in total. The summed E-state index contributed by atoms with van der Waals surface area (Å²) < 4.78 is 24.5. The molecule has 0 aliphatic heterocycles. The van der Waals surface area contributed by atoms with E-state index in [0.717, 1.165) is 11.8 Å². The molecular weight excluding hydrogens is 369 g/mol. The zero-order valence-electron chi connectivity index (χ0n) is 12.2. The number of nitrogens with zero attached hydrogens (tertiary/aromatic N) is 1. The summed E-state index contributed by atoms with van der Waals surface area (Å²) in [5.41, 5.74) is 1.40. The zero-order chi connectivity index (χ0) is 16.8. The first-order valence-electron chi connectivity index (χ1n) is 6.56. The summed E-state index contributed by atoms with van der Waals surface area (Å²) in [5, 5.41) is 10.4. The van der Waals surface area contributed by atoms with Gasteiger partial charge in [0.25, 0.3) is 0 Å². The van der Waals surface area contributed by atoms with E-state index >= 15 is 0 Å². The number of ether oxygens (including phenoxy) is 2. The molecule has 2 aromatic rings. The number of hydrogen-bond donors (Lipinski definition) is 0. The molecule has 2 aromatic carbocycles. The summed E-state index contributed by atoms with van der Waals surface area (Å²) in [6, 6.07) is 9.29. The second kappa shape index (κ2) is 7.73. The Morgan fingerprint density at radius 3 is 2.61 bits per heavy atom. The minimum absolute atomic E-state index is 0.235. The highest BCUT2D eigenvalue weighted by atomic mass is 79.9. The average molecular weight is 382 g/mol. The molecule has 0 heterocycles. The van der Waals surface area contributed by atoms with Crippen molar-refractivity contribution in [2.45, 2.75) is 6.61 Å². The van der Waals surface area contributed by atoms with Crippen molar-refractivity contribution in [3.05, 3.63) is 74.1 Å². The van der Waals surface area contributed by atoms with Crippen LogP contribution in [0.5, 0.6) is 11.5 Å². The van der Waals surface area contributed by atoms with Crippen LogP contribution < -0.4 is 9.47 Å². The van der Waals surface area contributed by atoms with Crippen LogP contribution in [0.3, 0.4) is 0 Å². The third-order valence-electron chi connectivity index (χ3n) is 2.94. The smallest absolute Gasteiger partial charge is 0.235 e. The minimum atomic E-state index is -0.542. The Morgan fingerprint density at radius 2 is 2.00 bits per heavy atom. The molecule has 0 aromatic heterocycles. The van der Waals surface area contributed by atoms with Gasteiger partial charge < -0.3 is 9.47 Å². The fourth-order valence-electron chi connectivity index (χ4n) is 1.86. The molecule has 0 amide bonds. The molecule has 0 saturated carbocycles. The zero-order valence-corrected chi connectivity index (χ0v) is 13.7. The number of methoxy groups -OCH3 is 1. The number of hydrogen-bond acceptors (Lipinski definition) is 4. The van der Waals surface area contributed by atoms with Gasteiger partial charge in [-0.2, -0.15) is 0 Å². The van der Waals surface area contributed by atoms with E-state index in [1.165, 1.54) is 25.3 Å². The maximum Gasteiger partial charge on any atom is 0.235 e. The van der Waals surface area contributed by atoms with Gasteiger partial charge in [0.2, 0.25) is 6.20 Å². The Labute approximate surface area is 140 Å². The SMILES string of the molecule is COc1cc(/C=C/[N+](=O)[O-])cc(Br)c1OCc1ccc(F)cc1. The molecule has 23 heavy (non-hydrogen) atoms. The van der Waals surface area contributed by atoms with Crippen molar-refractivity contribution in [2.24, 2.45) is 0 Å². The first-order valence-corrected chi connectivity index (χ1v) is 7.35. The Hall–Kier alpha value is -2.41. The van der Waals surface area contributed by atoms with Crippen LogP contribution in [0.4, 0.5) is 4.39 Å². The second-order valence-corrected chi connectivity index (χ2v) is 5.40. The van der Waals surface area contributed by atoms with Gasteiger partial charge in [0.05, 0.1) is 16.5 Å². The van der Waals surface area contributed by atoms with Crippen LogP contribution in [0.2, 0.25) is 0 Å². The van der Waals surface area contributed by atoms with Gasteiger partial charge in [0.1, 0.15) is 12.4 Å². The van der Waals surface area contributed by atoms with E-state index in [2.05, 4.69) is 15.9 Å². The standard InChI is InChI=1S/C16H13BrFNO4/c1-22-15-9-12(6-7-19(20)21)8-14(17)16(15)23-10-11-2-4-13(18)5-3-11/h2-9H,10H2,1H3/b7-6+. The Bertz CT molecular complexity index is 732. The highest BCUT2D eigenvalue weighted by Crippen LogP contribution is 2.37. The third-order valence-corrected chi connectivity index (χ3v) is 3.53. The van der Waals surface area contributed by atoms with Crippen LogP contribution in [0.1, 0.15) is 11.1 Å². The maximum atomic E-state index is 12.9. The van der Waals surface area contributed by atoms with E-state index in [-0.39, 0.29) is 12.4 Å². The summed E-state index contributed by atoms with van der Waals surface area (Å²) >= 11 is 3.36. The molecule has 7 heteroatoms. The van der Waals surface area contributed by atoms with Gasteiger partial charge in [-0.3, -0.25) is 10.1 Å². The van der Waals surface area contributed by atoms with Crippen LogP contribution in [0.15, 0.2) is 47.1 Å². The molecule has 0 unspecified atom stereocenters. The van der Waals surface area contributed by atoms with E-state index in [1.807, 2.05) is 0 Å². The minimum Gasteiger partial charge on any atom is -0.493 e. The molecule has 0 bridgehead atoms. The molecule has 0 radical (unpaired) electrons. The predicted molar refractivity (Wildman–Crippen MR) is 87.5 cm³/mol. The average Bonchev–Trinajstić information content (AvgIpc) is 2.53. The number of nitro groups is 1. The van der Waals surface area contributed by atoms with Gasteiger partial charge in [0.15, 0.2) is 11.5 Å². The van der Waals surface area contributed by atoms with E-state index < -0.39 is 4.92 Å². The molecule has 0 fully saturated rings. The lowest BCUT2D eigenvalue weighted by Crippen LogP contribution is -1.99. The molecule has 0 aliphatic carbocycles. The van der Waals surface area contributed by atoms with Gasteiger partial charge in [-0.15, -0.1) is 0 Å². The van der Waals surface area contributed by atoms with Crippen molar-refractivity contribution in [1.29, 1.82) is 0 Å². The Balaban J connectivity index is 2.20. The molecule has 0 N–H and O–H groups in total. The fraction of sp³-hybridized carbons (Fsp3) is 0.125. The van der Waals surface area contributed by atoms with Crippen LogP contribution in [-0.2, 0) is 6.61 Å². The van der Waals surface area contributed by atoms with Crippen LogP contribution in [-0.4, -0.2) is 12.0 Å². The lowest BCUT2D eigenvalue weighted by atomic mass is 10.2. The van der Waals surface area contributed by atoms with Gasteiger partial charge in [-0.1, -0.05) is 12.1 Å². The number of halogens is 2. The van der Waals surface area contributed by atoms with Gasteiger partial charge in [-0.05, 0) is 51.3 Å². The molecular formula is C16H13BrFNO4. The predicted octanol–water partition coefficient (Wildman–Crippen LogP) is 4.42. The summed E-state index contributed by atoms with van der Waals surface area (Å²) in [7, 11) is 1.48. The summed E-state index contributed by atoms with van der Waals surface area (Å²) in [4.78, 5) is 9.84. The van der Waals surface area contributed by atoms with Crippen molar-refractivity contribution in [3.63, 3.8) is 0 Å². The van der Waals surface area contributed by atoms with Crippen LogP contribution in [0, 0.1) is 15.9 Å². The van der Waals surface area contributed by atoms with E-state index in [1.54, 1.807) is 24.3 Å². The lowest BCUT2D eigenvalue weighted by Gasteiger charge is -2.13. The number of rotatable bonds is 6. The molecule has 120 valence electrons. The first-order chi connectivity index (χ1) is 11.0. The quantitative estimate of drug-likeness (QED) is 0.548. The molecule has 2 rings (SSSR count). The van der Waals surface area contributed by atoms with Crippen LogP contribution in [0.25, 0.3) is 6.08 Å². The Morgan fingerprint density at radius 1 is 1.30 bits per heavy atom. The van der Waals surface area contributed by atoms with E-state index in [0.29, 0.717) is 21.5 Å². The van der Waals surface area contributed by atoms with Crippen molar-refractivity contribution in [3.8, 4) is 11.5 Å². The van der Waals surface area contributed by atoms with Crippen molar-refractivity contribution in [1.82, 2.24) is 0 Å². The topological polar surface area (TPSA) is 61.6 Å². The number of benzene rings is 2. The van der Waals surface area contributed by atoms with Crippen molar-refractivity contribution in [2.75, 3.05) is 7.11 Å². The largest absolute Gasteiger partial charge is 0.493 e. The fourth-order valence-corrected chi connectivity index (χ4v) is 2.43.